The van der Waals surface area contributed by atoms with E-state index < -0.39 is 66.8 Å². The van der Waals surface area contributed by atoms with Crippen molar-refractivity contribution >= 4 is 29.6 Å². The lowest BCUT2D eigenvalue weighted by atomic mass is 10.1. The molecule has 1 fully saturated rings. The first kappa shape index (κ1) is 24.7. The average molecular weight is 453 g/mol. The third-order valence-corrected chi connectivity index (χ3v) is 4.98. The first-order chi connectivity index (χ1) is 15.1. The fourth-order valence-electron chi connectivity index (χ4n) is 3.36. The van der Waals surface area contributed by atoms with Crippen molar-refractivity contribution < 1.29 is 34.2 Å². The zero-order chi connectivity index (χ0) is 23.8. The van der Waals surface area contributed by atoms with E-state index in [0.717, 1.165) is 0 Å². The van der Waals surface area contributed by atoms with Crippen LogP contribution in [0.5, 0.6) is 0 Å². The van der Waals surface area contributed by atoms with Crippen molar-refractivity contribution in [2.45, 2.75) is 49.9 Å². The number of aromatic nitrogens is 2. The largest absolute Gasteiger partial charge is 0.480 e. The molecule has 14 nitrogen and oxygen atoms in total. The number of carbonyl (C=O) groups excluding carboxylic acids is 4. The molecule has 1 aliphatic rings. The predicted octanol–water partition coefficient (Wildman–Crippen LogP) is -3.81. The minimum absolute atomic E-state index is 0.109. The molecule has 1 saturated heterocycles. The molecule has 2 rings (SSSR count). The van der Waals surface area contributed by atoms with Gasteiger partial charge in [0.1, 0.15) is 24.2 Å². The molecule has 0 bridgehead atoms. The zero-order valence-electron chi connectivity index (χ0n) is 17.2. The van der Waals surface area contributed by atoms with Crippen molar-refractivity contribution in [2.24, 2.45) is 11.5 Å². The molecule has 0 aromatic carbocycles. The van der Waals surface area contributed by atoms with Crippen LogP contribution in [0.3, 0.4) is 0 Å². The van der Waals surface area contributed by atoms with E-state index in [2.05, 4.69) is 20.6 Å². The fraction of sp³-hybridized carbons (Fsp3) is 0.556. The van der Waals surface area contributed by atoms with Gasteiger partial charge in [0.25, 0.3) is 0 Å². The number of H-pyrrole nitrogens is 1. The smallest absolute Gasteiger partial charge is 0.326 e. The number of carbonyl (C=O) groups is 5. The molecule has 4 atom stereocenters. The number of rotatable bonds is 11. The predicted molar refractivity (Wildman–Crippen MR) is 107 cm³/mol. The molecule has 9 N–H and O–H groups in total. The van der Waals surface area contributed by atoms with E-state index in [1.807, 2.05) is 0 Å². The van der Waals surface area contributed by atoms with E-state index in [-0.39, 0.29) is 19.4 Å². The van der Waals surface area contributed by atoms with Gasteiger partial charge in [-0.05, 0) is 12.8 Å². The van der Waals surface area contributed by atoms with Gasteiger partial charge in [0.2, 0.25) is 23.6 Å². The Balaban J connectivity index is 2.10. The van der Waals surface area contributed by atoms with Crippen LogP contribution in [0, 0.1) is 0 Å². The second-order valence-corrected chi connectivity index (χ2v) is 7.39. The molecule has 32 heavy (non-hydrogen) atoms. The Labute approximate surface area is 182 Å². The topological polar surface area (TPSA) is 234 Å². The van der Waals surface area contributed by atoms with Crippen LogP contribution in [0.2, 0.25) is 0 Å². The summed E-state index contributed by atoms with van der Waals surface area (Å²) in [4.78, 5) is 68.4. The number of likely N-dealkylation sites (tertiary alicyclic amines) is 1. The Morgan fingerprint density at radius 1 is 1.25 bits per heavy atom. The van der Waals surface area contributed by atoms with Crippen LogP contribution in [0.15, 0.2) is 12.5 Å². The van der Waals surface area contributed by atoms with E-state index in [1.54, 1.807) is 0 Å². The Bertz CT molecular complexity index is 845. The number of aromatic amines is 1. The molecule has 0 spiro atoms. The fourth-order valence-corrected chi connectivity index (χ4v) is 3.36. The minimum Gasteiger partial charge on any atom is -0.480 e. The summed E-state index contributed by atoms with van der Waals surface area (Å²) in [7, 11) is 0. The zero-order valence-corrected chi connectivity index (χ0v) is 17.2. The number of aliphatic hydroxyl groups excluding tert-OH is 1. The van der Waals surface area contributed by atoms with Crippen LogP contribution >= 0.6 is 0 Å². The molecule has 4 amide bonds. The Morgan fingerprint density at radius 2 is 1.97 bits per heavy atom. The van der Waals surface area contributed by atoms with Gasteiger partial charge in [-0.15, -0.1) is 0 Å². The number of imidazole rings is 1. The molecular formula is C18H27N7O7. The Hall–Kier alpha value is -3.52. The lowest BCUT2D eigenvalue weighted by Gasteiger charge is -2.28. The van der Waals surface area contributed by atoms with E-state index in [9.17, 15) is 29.1 Å². The molecule has 176 valence electrons. The second kappa shape index (κ2) is 11.2. The average Bonchev–Trinajstić information content (AvgIpc) is 3.43. The van der Waals surface area contributed by atoms with Gasteiger partial charge in [-0.1, -0.05) is 0 Å². The number of amides is 4. The van der Waals surface area contributed by atoms with E-state index >= 15 is 0 Å². The van der Waals surface area contributed by atoms with Gasteiger partial charge >= 0.3 is 5.97 Å². The number of aliphatic carboxylic acids is 1. The minimum atomic E-state index is -1.45. The van der Waals surface area contributed by atoms with Crippen LogP contribution in [0.25, 0.3) is 0 Å². The third kappa shape index (κ3) is 6.49. The molecule has 0 saturated carbocycles. The lowest BCUT2D eigenvalue weighted by Crippen LogP contribution is -2.57. The van der Waals surface area contributed by atoms with Crippen LogP contribution in [-0.2, 0) is 30.4 Å². The van der Waals surface area contributed by atoms with Crippen LogP contribution < -0.4 is 22.1 Å². The van der Waals surface area contributed by atoms with Gasteiger partial charge in [0.15, 0.2) is 0 Å². The highest BCUT2D eigenvalue weighted by atomic mass is 16.4. The van der Waals surface area contributed by atoms with Crippen molar-refractivity contribution in [2.75, 3.05) is 13.2 Å². The van der Waals surface area contributed by atoms with Gasteiger partial charge in [-0.3, -0.25) is 19.2 Å². The second-order valence-electron chi connectivity index (χ2n) is 7.39. The first-order valence-corrected chi connectivity index (χ1v) is 9.90. The molecular weight excluding hydrogens is 426 g/mol. The summed E-state index contributed by atoms with van der Waals surface area (Å²) in [5, 5.41) is 23.2. The van der Waals surface area contributed by atoms with Crippen LogP contribution in [0.4, 0.5) is 0 Å². The number of primary amides is 1. The summed E-state index contributed by atoms with van der Waals surface area (Å²) in [6.45, 7) is -0.355. The number of aliphatic hydroxyl groups is 1. The quantitative estimate of drug-likeness (QED) is 0.174. The number of nitrogens with one attached hydrogen (secondary N) is 3. The molecule has 4 unspecified atom stereocenters. The van der Waals surface area contributed by atoms with Crippen molar-refractivity contribution in [3.05, 3.63) is 18.2 Å². The number of carboxylic acids is 1. The summed E-state index contributed by atoms with van der Waals surface area (Å²) in [5.41, 5.74) is 11.2. The van der Waals surface area contributed by atoms with Gasteiger partial charge < -0.3 is 42.2 Å². The van der Waals surface area contributed by atoms with E-state index in [1.165, 1.54) is 17.4 Å². The number of nitrogens with zero attached hydrogens (tertiary/aromatic N) is 2. The third-order valence-electron chi connectivity index (χ3n) is 4.98. The highest BCUT2D eigenvalue weighted by Crippen LogP contribution is 2.18. The number of hydrogen-bond donors (Lipinski definition) is 7. The Kier molecular flexibility index (Phi) is 8.66. The molecule has 1 aromatic heterocycles. The van der Waals surface area contributed by atoms with Crippen molar-refractivity contribution in [3.63, 3.8) is 0 Å². The lowest BCUT2D eigenvalue weighted by molar-refractivity contribution is -0.143. The van der Waals surface area contributed by atoms with Gasteiger partial charge in [-0.25, -0.2) is 9.78 Å². The van der Waals surface area contributed by atoms with Crippen LogP contribution in [-0.4, -0.2) is 92.0 Å². The molecule has 0 aliphatic carbocycles. The number of carboxylic acid groups (broad SMARTS) is 1. The maximum absolute atomic E-state index is 12.8. The summed E-state index contributed by atoms with van der Waals surface area (Å²) < 4.78 is 0. The molecule has 0 radical (unpaired) electrons. The SMILES string of the molecule is NC(=O)CC(NC(=O)C1CCCN1C(=O)C(N)CO)C(=O)NC(Cc1cnc[nH]1)C(=O)O. The van der Waals surface area contributed by atoms with Gasteiger partial charge in [0, 0.05) is 24.9 Å². The number of hydrogen-bond acceptors (Lipinski definition) is 8. The molecule has 1 aliphatic heterocycles. The van der Waals surface area contributed by atoms with E-state index in [4.69, 9.17) is 16.6 Å². The maximum atomic E-state index is 12.8. The normalized spacial score (nSPS) is 18.4. The molecule has 2 heterocycles. The summed E-state index contributed by atoms with van der Waals surface area (Å²) in [6, 6.07) is -4.95. The standard InChI is InChI=1S/C18H27N7O7/c19-10(7-26)17(30)25-3-1-2-13(25)16(29)23-11(5-14(20)27)15(28)24-12(18(31)32)4-9-6-21-8-22-9/h6,8,10-13,26H,1-5,7,19H2,(H2,20,27)(H,21,22)(H,23,29)(H,24,28)(H,31,32). The summed E-state index contributed by atoms with van der Waals surface area (Å²) in [5.74, 6) is -4.49. The van der Waals surface area contributed by atoms with Crippen molar-refractivity contribution in [3.8, 4) is 0 Å². The highest BCUT2D eigenvalue weighted by Gasteiger charge is 2.38. The first-order valence-electron chi connectivity index (χ1n) is 9.90. The van der Waals surface area contributed by atoms with Gasteiger partial charge in [-0.2, -0.15) is 0 Å². The van der Waals surface area contributed by atoms with Crippen molar-refractivity contribution in [1.29, 1.82) is 0 Å². The maximum Gasteiger partial charge on any atom is 0.326 e. The summed E-state index contributed by atoms with van der Waals surface area (Å²) in [6.07, 6.45) is 2.85. The molecule has 14 heteroatoms. The number of nitrogens with two attached hydrogens (primary N) is 2. The van der Waals surface area contributed by atoms with Crippen LogP contribution in [0.1, 0.15) is 25.0 Å². The molecule has 1 aromatic rings. The van der Waals surface area contributed by atoms with Crippen molar-refractivity contribution in [1.82, 2.24) is 25.5 Å². The van der Waals surface area contributed by atoms with E-state index in [0.29, 0.717) is 12.1 Å². The summed E-state index contributed by atoms with van der Waals surface area (Å²) >= 11 is 0. The monoisotopic (exact) mass is 453 g/mol. The highest BCUT2D eigenvalue weighted by molar-refractivity contribution is 5.96. The van der Waals surface area contributed by atoms with Gasteiger partial charge in [0.05, 0.1) is 19.4 Å². The Morgan fingerprint density at radius 3 is 2.53 bits per heavy atom.